The van der Waals surface area contributed by atoms with Gasteiger partial charge in [-0.15, -0.1) is 11.3 Å². The lowest BCUT2D eigenvalue weighted by atomic mass is 10.1. The van der Waals surface area contributed by atoms with Crippen LogP contribution in [0.2, 0.25) is 0 Å². The van der Waals surface area contributed by atoms with Crippen molar-refractivity contribution < 1.29 is 33.3 Å². The number of ether oxygens (including phenoxy) is 5. The standard InChI is InChI=1S/C46H67N5O7S/c1-6-8-10-12-14-16-18-20-22-43(52)57-34-32-55-29-27-51(26-28-54-30-31-56-33-35-58-44(53)23-21-19-17-15-13-11-9-7-2)40-24-25-41(38(3)36-40)49-50-46-45(48-5)39(4)42(37-47)59-46/h14-17,24-25,36H,6-13,18-23,26-35H2,1-4H3/b16-14+,17-15+,50-49?. The maximum atomic E-state index is 12.2. The van der Waals surface area contributed by atoms with E-state index in [1.807, 2.05) is 25.1 Å². The van der Waals surface area contributed by atoms with Crippen LogP contribution in [-0.4, -0.2) is 77.9 Å². The fraction of sp³-hybridized carbons (Fsp3) is 0.609. The highest BCUT2D eigenvalue weighted by Gasteiger charge is 2.15. The summed E-state index contributed by atoms with van der Waals surface area (Å²) in [5.74, 6) is -0.407. The molecule has 324 valence electrons. The van der Waals surface area contributed by atoms with Crippen molar-refractivity contribution in [1.82, 2.24) is 0 Å². The van der Waals surface area contributed by atoms with Crippen LogP contribution in [0.25, 0.3) is 4.85 Å². The summed E-state index contributed by atoms with van der Waals surface area (Å²) in [5.41, 5.74) is 3.46. The molecule has 1 aromatic heterocycles. The Morgan fingerprint density at radius 3 is 1.75 bits per heavy atom. The Kier molecular flexibility index (Phi) is 28.8. The first kappa shape index (κ1) is 50.7. The second-order valence-corrected chi connectivity index (χ2v) is 15.1. The molecule has 0 spiro atoms. The molecular formula is C46H67N5O7S. The van der Waals surface area contributed by atoms with Gasteiger partial charge in [0.05, 0.1) is 56.8 Å². The van der Waals surface area contributed by atoms with Crippen LogP contribution in [0.4, 0.5) is 22.1 Å². The van der Waals surface area contributed by atoms with Crippen molar-refractivity contribution in [2.24, 2.45) is 10.2 Å². The topological polar surface area (TPSA) is 136 Å². The van der Waals surface area contributed by atoms with Crippen molar-refractivity contribution in [3.05, 3.63) is 69.9 Å². The van der Waals surface area contributed by atoms with E-state index in [1.54, 1.807) is 6.92 Å². The van der Waals surface area contributed by atoms with Gasteiger partial charge >= 0.3 is 11.9 Å². The smallest absolute Gasteiger partial charge is 0.305 e. The van der Waals surface area contributed by atoms with Gasteiger partial charge in [0.15, 0.2) is 0 Å². The molecule has 59 heavy (non-hydrogen) atoms. The van der Waals surface area contributed by atoms with E-state index in [0.717, 1.165) is 61.1 Å². The number of carbonyl (C=O) groups excluding carboxylic acids is 2. The van der Waals surface area contributed by atoms with Crippen molar-refractivity contribution in [1.29, 1.82) is 5.26 Å². The van der Waals surface area contributed by atoms with Gasteiger partial charge in [0, 0.05) is 31.6 Å². The summed E-state index contributed by atoms with van der Waals surface area (Å²) in [5, 5.41) is 18.5. The molecule has 0 saturated carbocycles. The van der Waals surface area contributed by atoms with Crippen molar-refractivity contribution in [3.8, 4) is 6.07 Å². The number of unbranched alkanes of at least 4 members (excludes halogenated alkanes) is 8. The van der Waals surface area contributed by atoms with Gasteiger partial charge in [0.25, 0.3) is 0 Å². The zero-order valence-corrected chi connectivity index (χ0v) is 36.8. The molecular weight excluding hydrogens is 767 g/mol. The molecule has 0 saturated heterocycles. The Morgan fingerprint density at radius 2 is 1.25 bits per heavy atom. The van der Waals surface area contributed by atoms with E-state index in [2.05, 4.69) is 64.2 Å². The predicted octanol–water partition coefficient (Wildman–Crippen LogP) is 11.8. The van der Waals surface area contributed by atoms with E-state index in [0.29, 0.717) is 92.4 Å². The van der Waals surface area contributed by atoms with Crippen LogP contribution in [0.1, 0.15) is 120 Å². The minimum absolute atomic E-state index is 0.200. The van der Waals surface area contributed by atoms with Gasteiger partial charge < -0.3 is 28.6 Å². The van der Waals surface area contributed by atoms with E-state index in [9.17, 15) is 14.9 Å². The third-order valence-electron chi connectivity index (χ3n) is 9.25. The molecule has 0 fully saturated rings. The number of thiophene rings is 1. The number of rotatable bonds is 34. The number of carbonyl (C=O) groups is 2. The first-order valence-electron chi connectivity index (χ1n) is 21.4. The van der Waals surface area contributed by atoms with Gasteiger partial charge in [-0.1, -0.05) is 63.8 Å². The summed E-state index contributed by atoms with van der Waals surface area (Å²) in [6.45, 7) is 19.4. The minimum atomic E-state index is -0.207. The lowest BCUT2D eigenvalue weighted by molar-refractivity contribution is -0.146. The molecule has 0 aliphatic heterocycles. The van der Waals surface area contributed by atoms with Crippen molar-refractivity contribution in [3.63, 3.8) is 0 Å². The summed E-state index contributed by atoms with van der Waals surface area (Å²) in [6.07, 6.45) is 22.4. The van der Waals surface area contributed by atoms with Crippen molar-refractivity contribution in [2.45, 2.75) is 118 Å². The molecule has 12 nitrogen and oxygen atoms in total. The molecule has 13 heteroatoms. The number of hydrogen-bond donors (Lipinski definition) is 0. The highest BCUT2D eigenvalue weighted by atomic mass is 32.1. The molecule has 0 atom stereocenters. The number of esters is 2. The highest BCUT2D eigenvalue weighted by Crippen LogP contribution is 2.42. The Labute approximate surface area is 357 Å². The number of aryl methyl sites for hydroxylation is 1. The number of nitrogens with zero attached hydrogens (tertiary/aromatic N) is 5. The number of hydrogen-bond acceptors (Lipinski definition) is 12. The summed E-state index contributed by atoms with van der Waals surface area (Å²) in [4.78, 5) is 30.3. The van der Waals surface area contributed by atoms with Crippen LogP contribution in [-0.2, 0) is 33.3 Å². The lowest BCUT2D eigenvalue weighted by Crippen LogP contribution is -2.31. The molecule has 0 N–H and O–H groups in total. The summed E-state index contributed by atoms with van der Waals surface area (Å²) >= 11 is 1.16. The zero-order chi connectivity index (χ0) is 42.8. The van der Waals surface area contributed by atoms with Crippen LogP contribution in [0.3, 0.4) is 0 Å². The number of nitriles is 1. The number of allylic oxidation sites excluding steroid dienone is 4. The molecule has 1 heterocycles. The quantitative estimate of drug-likeness (QED) is 0.0222. The third-order valence-corrected chi connectivity index (χ3v) is 10.3. The number of azo groups is 1. The Bertz CT molecular complexity index is 1660. The SMILES string of the molecule is [C-]#[N+]c1c(N=Nc2ccc(N(CCOCCOCCOC(=O)CCC/C=C/CCCCC)CCOCCOC(=O)CCC/C=C/CCCCC)cc2C)sc(C#N)c1C. The first-order valence-corrected chi connectivity index (χ1v) is 22.2. The third kappa shape index (κ3) is 23.1. The van der Waals surface area contributed by atoms with Crippen LogP contribution < -0.4 is 4.90 Å². The van der Waals surface area contributed by atoms with Crippen LogP contribution >= 0.6 is 11.3 Å². The molecule has 1 aromatic carbocycles. The minimum Gasteiger partial charge on any atom is -0.463 e. The van der Waals surface area contributed by atoms with Gasteiger partial charge in [-0.2, -0.15) is 15.5 Å². The van der Waals surface area contributed by atoms with Gasteiger partial charge in [-0.05, 0) is 94.5 Å². The van der Waals surface area contributed by atoms with Crippen LogP contribution in [0, 0.1) is 31.8 Å². The summed E-state index contributed by atoms with van der Waals surface area (Å²) in [6, 6.07) is 7.97. The van der Waals surface area contributed by atoms with Crippen molar-refractivity contribution >= 4 is 45.3 Å². The molecule has 0 unspecified atom stereocenters. The van der Waals surface area contributed by atoms with E-state index >= 15 is 0 Å². The van der Waals surface area contributed by atoms with E-state index in [1.165, 1.54) is 38.5 Å². The molecule has 2 aromatic rings. The highest BCUT2D eigenvalue weighted by molar-refractivity contribution is 7.17. The van der Waals surface area contributed by atoms with E-state index < -0.39 is 0 Å². The van der Waals surface area contributed by atoms with E-state index in [-0.39, 0.29) is 25.2 Å². The normalized spacial score (nSPS) is 11.4. The Balaban J connectivity index is 1.80. The average molecular weight is 834 g/mol. The zero-order valence-electron chi connectivity index (χ0n) is 36.0. The Morgan fingerprint density at radius 1 is 0.746 bits per heavy atom. The molecule has 0 radical (unpaired) electrons. The second kappa shape index (κ2) is 33.4. The van der Waals surface area contributed by atoms with E-state index in [4.69, 9.17) is 30.3 Å². The lowest BCUT2D eigenvalue weighted by Gasteiger charge is -2.25. The van der Waals surface area contributed by atoms with Crippen molar-refractivity contribution in [2.75, 3.05) is 70.8 Å². The fourth-order valence-corrected chi connectivity index (χ4v) is 6.65. The summed E-state index contributed by atoms with van der Waals surface area (Å²) < 4.78 is 28.0. The van der Waals surface area contributed by atoms with Crippen LogP contribution in [0.5, 0.6) is 0 Å². The number of benzene rings is 1. The molecule has 0 aliphatic carbocycles. The van der Waals surface area contributed by atoms with Gasteiger partial charge in [-0.25, -0.2) is 4.85 Å². The molecule has 0 bridgehead atoms. The molecule has 0 amide bonds. The molecule has 0 aliphatic rings. The first-order chi connectivity index (χ1) is 28.8. The molecule has 2 rings (SSSR count). The monoisotopic (exact) mass is 833 g/mol. The van der Waals surface area contributed by atoms with Crippen LogP contribution in [0.15, 0.2) is 52.7 Å². The fourth-order valence-electron chi connectivity index (χ4n) is 5.78. The number of anilines is 1. The summed E-state index contributed by atoms with van der Waals surface area (Å²) in [7, 11) is 0. The van der Waals surface area contributed by atoms with Gasteiger partial charge in [0.2, 0.25) is 5.69 Å². The largest absolute Gasteiger partial charge is 0.463 e. The Hall–Kier alpha value is -4.40. The van der Waals surface area contributed by atoms with Gasteiger partial charge in [-0.3, -0.25) is 9.59 Å². The second-order valence-electron chi connectivity index (χ2n) is 14.1. The van der Waals surface area contributed by atoms with Gasteiger partial charge in [0.1, 0.15) is 24.3 Å². The maximum absolute atomic E-state index is 12.2. The average Bonchev–Trinajstić information content (AvgIpc) is 3.55. The predicted molar refractivity (Wildman–Crippen MR) is 236 cm³/mol. The maximum Gasteiger partial charge on any atom is 0.305 e.